The Bertz CT molecular complexity index is 469. The predicted molar refractivity (Wildman–Crippen MR) is 55.8 cm³/mol. The molecule has 2 rings (SSSR count). The number of aromatic nitrogens is 3. The zero-order chi connectivity index (χ0) is 10.7. The van der Waals surface area contributed by atoms with E-state index in [0.29, 0.717) is 10.7 Å². The second kappa shape index (κ2) is 4.10. The molecule has 2 aromatic rings. The predicted octanol–water partition coefficient (Wildman–Crippen LogP) is 1.71. The van der Waals surface area contributed by atoms with E-state index in [9.17, 15) is 4.79 Å². The first-order chi connectivity index (χ1) is 7.25. The second-order valence-electron chi connectivity index (χ2n) is 2.80. The van der Waals surface area contributed by atoms with Crippen LogP contribution in [0.15, 0.2) is 30.7 Å². The van der Waals surface area contributed by atoms with E-state index in [-0.39, 0.29) is 11.6 Å². The maximum atomic E-state index is 11.6. The minimum Gasteiger partial charge on any atom is -0.318 e. The Hall–Kier alpha value is -1.88. The summed E-state index contributed by atoms with van der Waals surface area (Å²) in [6.45, 7) is 0. The minimum absolute atomic E-state index is 0.267. The Balaban J connectivity index is 2.15. The van der Waals surface area contributed by atoms with E-state index in [4.69, 9.17) is 11.6 Å². The van der Waals surface area contributed by atoms with Crippen molar-refractivity contribution in [2.75, 3.05) is 5.32 Å². The molecule has 2 heterocycles. The van der Waals surface area contributed by atoms with Crippen LogP contribution in [0.3, 0.4) is 0 Å². The van der Waals surface area contributed by atoms with Crippen LogP contribution in [0, 0.1) is 0 Å². The van der Waals surface area contributed by atoms with Crippen LogP contribution in [0.4, 0.5) is 5.69 Å². The Kier molecular flexibility index (Phi) is 2.64. The summed E-state index contributed by atoms with van der Waals surface area (Å²) in [5.74, 6) is -0.320. The van der Waals surface area contributed by atoms with Crippen LogP contribution < -0.4 is 5.32 Å². The average molecular weight is 223 g/mol. The first-order valence-electron chi connectivity index (χ1n) is 4.17. The molecule has 2 aromatic heterocycles. The van der Waals surface area contributed by atoms with Crippen molar-refractivity contribution >= 4 is 23.2 Å². The number of anilines is 1. The topological polar surface area (TPSA) is 70.7 Å². The normalized spacial score (nSPS) is 9.93. The monoisotopic (exact) mass is 222 g/mol. The summed E-state index contributed by atoms with van der Waals surface area (Å²) in [4.78, 5) is 15.5. The second-order valence-corrected chi connectivity index (χ2v) is 3.24. The fourth-order valence-corrected chi connectivity index (χ4v) is 1.20. The summed E-state index contributed by atoms with van der Waals surface area (Å²) >= 11 is 5.73. The molecule has 15 heavy (non-hydrogen) atoms. The summed E-state index contributed by atoms with van der Waals surface area (Å²) < 4.78 is 0. The van der Waals surface area contributed by atoms with Gasteiger partial charge in [0, 0.05) is 17.4 Å². The molecule has 0 aliphatic carbocycles. The average Bonchev–Trinajstić information content (AvgIpc) is 2.70. The number of nitrogens with zero attached hydrogens (tertiary/aromatic N) is 2. The van der Waals surface area contributed by atoms with Crippen molar-refractivity contribution in [3.63, 3.8) is 0 Å². The summed E-state index contributed by atoms with van der Waals surface area (Å²) in [6, 6.07) is 3.10. The van der Waals surface area contributed by atoms with Crippen LogP contribution in [0.2, 0.25) is 5.02 Å². The number of nitrogens with one attached hydrogen (secondary N) is 2. The van der Waals surface area contributed by atoms with E-state index in [1.807, 2.05) is 0 Å². The van der Waals surface area contributed by atoms with Gasteiger partial charge in [0.25, 0.3) is 5.91 Å². The number of hydrogen-bond acceptors (Lipinski definition) is 3. The molecule has 0 radical (unpaired) electrons. The van der Waals surface area contributed by atoms with Crippen LogP contribution in [0.1, 0.15) is 10.5 Å². The number of carbonyl (C=O) groups excluding carboxylic acids is 1. The van der Waals surface area contributed by atoms with Gasteiger partial charge in [-0.25, -0.2) is 0 Å². The first-order valence-corrected chi connectivity index (χ1v) is 4.55. The number of amides is 1. The summed E-state index contributed by atoms with van der Waals surface area (Å²) in [6.07, 6.45) is 4.55. The molecule has 0 spiro atoms. The van der Waals surface area contributed by atoms with Gasteiger partial charge in [-0.15, -0.1) is 0 Å². The number of pyridine rings is 1. The van der Waals surface area contributed by atoms with Gasteiger partial charge < -0.3 is 5.32 Å². The molecule has 0 aliphatic heterocycles. The molecular formula is C9H7ClN4O. The smallest absolute Gasteiger partial charge is 0.274 e. The van der Waals surface area contributed by atoms with Gasteiger partial charge in [0.05, 0.1) is 11.9 Å². The number of halogens is 1. The van der Waals surface area contributed by atoms with Crippen molar-refractivity contribution in [2.24, 2.45) is 0 Å². The molecular weight excluding hydrogens is 216 g/mol. The lowest BCUT2D eigenvalue weighted by Crippen LogP contribution is -2.12. The minimum atomic E-state index is -0.320. The van der Waals surface area contributed by atoms with E-state index in [0.717, 1.165) is 0 Å². The van der Waals surface area contributed by atoms with Crippen molar-refractivity contribution in [2.45, 2.75) is 0 Å². The molecule has 0 unspecified atom stereocenters. The summed E-state index contributed by atoms with van der Waals surface area (Å²) in [5, 5.41) is 9.37. The van der Waals surface area contributed by atoms with Gasteiger partial charge in [0.1, 0.15) is 5.69 Å². The van der Waals surface area contributed by atoms with Gasteiger partial charge in [0.15, 0.2) is 0 Å². The van der Waals surface area contributed by atoms with E-state index >= 15 is 0 Å². The van der Waals surface area contributed by atoms with Gasteiger partial charge in [0.2, 0.25) is 0 Å². The maximum absolute atomic E-state index is 11.6. The third-order valence-corrected chi connectivity index (χ3v) is 1.95. The lowest BCUT2D eigenvalue weighted by Gasteiger charge is -2.00. The molecule has 2 N–H and O–H groups in total. The molecule has 0 atom stereocenters. The van der Waals surface area contributed by atoms with Gasteiger partial charge in [-0.3, -0.25) is 14.9 Å². The van der Waals surface area contributed by atoms with Crippen molar-refractivity contribution < 1.29 is 4.79 Å². The lowest BCUT2D eigenvalue weighted by molar-refractivity contribution is 0.102. The van der Waals surface area contributed by atoms with E-state index in [1.54, 1.807) is 12.3 Å². The fraction of sp³-hybridized carbons (Fsp3) is 0. The van der Waals surface area contributed by atoms with Crippen LogP contribution >= 0.6 is 11.6 Å². The van der Waals surface area contributed by atoms with Gasteiger partial charge in [-0.1, -0.05) is 11.6 Å². The molecule has 0 bridgehead atoms. The number of hydrogen-bond donors (Lipinski definition) is 2. The molecule has 1 amide bonds. The highest BCUT2D eigenvalue weighted by atomic mass is 35.5. The zero-order valence-electron chi connectivity index (χ0n) is 7.57. The standard InChI is InChI=1S/C9H7ClN4O/c10-6-1-2-11-8(3-6)9(15)14-7-4-12-13-5-7/h1-5H,(H,12,13)(H,14,15). The van der Waals surface area contributed by atoms with Gasteiger partial charge in [-0.05, 0) is 12.1 Å². The largest absolute Gasteiger partial charge is 0.318 e. The molecule has 0 fully saturated rings. The van der Waals surface area contributed by atoms with Crippen LogP contribution in [-0.2, 0) is 0 Å². The number of H-pyrrole nitrogens is 1. The Morgan fingerprint density at radius 1 is 1.53 bits per heavy atom. The number of aromatic amines is 1. The van der Waals surface area contributed by atoms with Crippen molar-refractivity contribution in [3.8, 4) is 0 Å². The quantitative estimate of drug-likeness (QED) is 0.813. The van der Waals surface area contributed by atoms with E-state index in [2.05, 4.69) is 20.5 Å². The van der Waals surface area contributed by atoms with Crippen molar-refractivity contribution in [1.82, 2.24) is 15.2 Å². The molecule has 6 heteroatoms. The summed E-state index contributed by atoms with van der Waals surface area (Å²) in [7, 11) is 0. The first kappa shape index (κ1) is 9.67. The SMILES string of the molecule is O=C(Nc1cn[nH]c1)c1cc(Cl)ccn1. The highest BCUT2D eigenvalue weighted by molar-refractivity contribution is 6.30. The number of rotatable bonds is 2. The van der Waals surface area contributed by atoms with Gasteiger partial charge in [-0.2, -0.15) is 5.10 Å². The third-order valence-electron chi connectivity index (χ3n) is 1.71. The fourth-order valence-electron chi connectivity index (χ4n) is 1.04. The molecule has 0 aliphatic rings. The number of carbonyl (C=O) groups is 1. The lowest BCUT2D eigenvalue weighted by atomic mass is 10.3. The van der Waals surface area contributed by atoms with Crippen LogP contribution in [-0.4, -0.2) is 21.1 Å². The zero-order valence-corrected chi connectivity index (χ0v) is 8.32. The van der Waals surface area contributed by atoms with Crippen molar-refractivity contribution in [1.29, 1.82) is 0 Å². The molecule has 0 aromatic carbocycles. The molecule has 5 nitrogen and oxygen atoms in total. The molecule has 0 saturated carbocycles. The highest BCUT2D eigenvalue weighted by Crippen LogP contribution is 2.10. The van der Waals surface area contributed by atoms with E-state index < -0.39 is 0 Å². The highest BCUT2D eigenvalue weighted by Gasteiger charge is 2.07. The maximum Gasteiger partial charge on any atom is 0.274 e. The Morgan fingerprint density at radius 2 is 2.40 bits per heavy atom. The van der Waals surface area contributed by atoms with Crippen LogP contribution in [0.5, 0.6) is 0 Å². The molecule has 76 valence electrons. The van der Waals surface area contributed by atoms with Crippen molar-refractivity contribution in [3.05, 3.63) is 41.4 Å². The Morgan fingerprint density at radius 3 is 3.07 bits per heavy atom. The van der Waals surface area contributed by atoms with E-state index in [1.165, 1.54) is 18.5 Å². The Labute approximate surface area is 90.5 Å². The summed E-state index contributed by atoms with van der Waals surface area (Å²) in [5.41, 5.74) is 0.852. The molecule has 0 saturated heterocycles. The van der Waals surface area contributed by atoms with Gasteiger partial charge >= 0.3 is 0 Å². The van der Waals surface area contributed by atoms with Crippen LogP contribution in [0.25, 0.3) is 0 Å². The third kappa shape index (κ3) is 2.32.